The number of fused-ring (bicyclic) bond motifs is 1. The van der Waals surface area contributed by atoms with Crippen LogP contribution in [0.5, 0.6) is 0 Å². The zero-order chi connectivity index (χ0) is 11.5. The molecule has 0 amide bonds. The molecule has 0 aliphatic heterocycles. The minimum Gasteiger partial charge on any atom is -0.363 e. The Kier molecular flexibility index (Phi) is 2.91. The van der Waals surface area contributed by atoms with Crippen LogP contribution in [0.2, 0.25) is 0 Å². The summed E-state index contributed by atoms with van der Waals surface area (Å²) in [5, 5.41) is 19.3. The molecule has 0 bridgehead atoms. The monoisotopic (exact) mass is 216 g/mol. The molecule has 4 nitrogen and oxygen atoms in total. The average Bonchev–Trinajstić information content (AvgIpc) is 2.71. The molecule has 4 heteroatoms. The largest absolute Gasteiger partial charge is 0.363 e. The van der Waals surface area contributed by atoms with Crippen molar-refractivity contribution in [2.75, 3.05) is 6.61 Å². The number of hydrogen-bond donors (Lipinski definition) is 2. The third-order valence-corrected chi connectivity index (χ3v) is 2.36. The van der Waals surface area contributed by atoms with E-state index in [1.54, 1.807) is 12.1 Å². The summed E-state index contributed by atoms with van der Waals surface area (Å²) in [4.78, 5) is 3.03. The van der Waals surface area contributed by atoms with Gasteiger partial charge in [0.15, 0.2) is 6.29 Å². The molecule has 2 rings (SSSR count). The number of nitriles is 1. The fourth-order valence-corrected chi connectivity index (χ4v) is 1.60. The van der Waals surface area contributed by atoms with Crippen LogP contribution in [0.3, 0.4) is 0 Å². The van der Waals surface area contributed by atoms with Crippen LogP contribution in [0.4, 0.5) is 0 Å². The van der Waals surface area contributed by atoms with Gasteiger partial charge in [0.05, 0.1) is 17.3 Å². The van der Waals surface area contributed by atoms with Crippen molar-refractivity contribution in [2.24, 2.45) is 0 Å². The Morgan fingerprint density at radius 1 is 1.50 bits per heavy atom. The number of aliphatic hydroxyl groups excluding tert-OH is 1. The number of aliphatic hydroxyl groups is 1. The summed E-state index contributed by atoms with van der Waals surface area (Å²) in [5.41, 5.74) is 2.02. The molecule has 1 heterocycles. The van der Waals surface area contributed by atoms with Crippen molar-refractivity contribution in [3.8, 4) is 6.07 Å². The predicted octanol–water partition coefficient (Wildman–Crippen LogP) is 2.07. The van der Waals surface area contributed by atoms with Gasteiger partial charge in [-0.2, -0.15) is 5.26 Å². The Balaban J connectivity index is 2.40. The van der Waals surface area contributed by atoms with Crippen LogP contribution in [-0.4, -0.2) is 16.7 Å². The second kappa shape index (κ2) is 4.35. The molecule has 0 aliphatic carbocycles. The molecule has 0 saturated heterocycles. The maximum Gasteiger partial charge on any atom is 0.196 e. The van der Waals surface area contributed by atoms with Crippen molar-refractivity contribution in [1.29, 1.82) is 5.26 Å². The van der Waals surface area contributed by atoms with Crippen molar-refractivity contribution in [3.63, 3.8) is 0 Å². The number of ether oxygens (including phenoxy) is 1. The van der Waals surface area contributed by atoms with E-state index in [2.05, 4.69) is 11.1 Å². The first-order valence-electron chi connectivity index (χ1n) is 5.07. The first-order chi connectivity index (χ1) is 7.74. The molecule has 0 spiro atoms. The van der Waals surface area contributed by atoms with Crippen LogP contribution >= 0.6 is 0 Å². The average molecular weight is 216 g/mol. The first-order valence-corrected chi connectivity index (χ1v) is 5.07. The smallest absolute Gasteiger partial charge is 0.196 e. The fourth-order valence-electron chi connectivity index (χ4n) is 1.60. The number of aromatic amines is 1. The molecule has 0 saturated carbocycles. The first kappa shape index (κ1) is 10.7. The molecular weight excluding hydrogens is 204 g/mol. The molecule has 16 heavy (non-hydrogen) atoms. The normalized spacial score (nSPS) is 12.6. The van der Waals surface area contributed by atoms with Crippen molar-refractivity contribution < 1.29 is 9.84 Å². The second-order valence-electron chi connectivity index (χ2n) is 3.45. The molecule has 2 N–H and O–H groups in total. The number of rotatable bonds is 3. The van der Waals surface area contributed by atoms with Gasteiger partial charge in [-0.05, 0) is 30.5 Å². The zero-order valence-corrected chi connectivity index (χ0v) is 8.90. The molecule has 1 aromatic heterocycles. The quantitative estimate of drug-likeness (QED) is 0.771. The van der Waals surface area contributed by atoms with Gasteiger partial charge in [0.25, 0.3) is 0 Å². The molecule has 0 fully saturated rings. The van der Waals surface area contributed by atoms with E-state index >= 15 is 0 Å². The van der Waals surface area contributed by atoms with Gasteiger partial charge in [-0.15, -0.1) is 0 Å². The maximum atomic E-state index is 9.63. The van der Waals surface area contributed by atoms with Gasteiger partial charge < -0.3 is 14.8 Å². The summed E-state index contributed by atoms with van der Waals surface area (Å²) in [7, 11) is 0. The van der Waals surface area contributed by atoms with E-state index in [1.165, 1.54) is 0 Å². The number of nitrogens with zero attached hydrogens (tertiary/aromatic N) is 1. The molecule has 2 aromatic rings. The van der Waals surface area contributed by atoms with Gasteiger partial charge in [-0.1, -0.05) is 6.07 Å². The Morgan fingerprint density at radius 2 is 2.31 bits per heavy atom. The molecule has 1 aromatic carbocycles. The van der Waals surface area contributed by atoms with E-state index in [0.717, 1.165) is 10.9 Å². The van der Waals surface area contributed by atoms with Crippen molar-refractivity contribution in [1.82, 2.24) is 4.98 Å². The third-order valence-electron chi connectivity index (χ3n) is 2.36. The van der Waals surface area contributed by atoms with E-state index in [0.29, 0.717) is 17.9 Å². The van der Waals surface area contributed by atoms with Gasteiger partial charge in [-0.3, -0.25) is 0 Å². The number of nitrogens with one attached hydrogen (secondary N) is 1. The molecule has 0 aliphatic rings. The number of hydrogen-bond acceptors (Lipinski definition) is 3. The van der Waals surface area contributed by atoms with E-state index in [9.17, 15) is 5.11 Å². The number of aromatic nitrogens is 1. The topological polar surface area (TPSA) is 69.0 Å². The number of H-pyrrole nitrogens is 1. The van der Waals surface area contributed by atoms with E-state index in [1.807, 2.05) is 19.1 Å². The minimum absolute atomic E-state index is 0.444. The van der Waals surface area contributed by atoms with E-state index < -0.39 is 6.29 Å². The van der Waals surface area contributed by atoms with Gasteiger partial charge in [0.1, 0.15) is 0 Å². The van der Waals surface area contributed by atoms with E-state index in [-0.39, 0.29) is 0 Å². The second-order valence-corrected chi connectivity index (χ2v) is 3.45. The van der Waals surface area contributed by atoms with Crippen LogP contribution in [0.15, 0.2) is 24.3 Å². The number of benzene rings is 1. The van der Waals surface area contributed by atoms with E-state index in [4.69, 9.17) is 10.00 Å². The summed E-state index contributed by atoms with van der Waals surface area (Å²) in [5.74, 6) is 0. The standard InChI is InChI=1S/C12H12N2O2/c1-2-16-12(15)11-6-9-4-3-8(7-13)5-10(9)14-11/h3-6,12,14-15H,2H2,1H3. The third kappa shape index (κ3) is 1.91. The summed E-state index contributed by atoms with van der Waals surface area (Å²) in [6.45, 7) is 2.26. The Labute approximate surface area is 93.1 Å². The van der Waals surface area contributed by atoms with Crippen LogP contribution in [-0.2, 0) is 4.74 Å². The molecule has 0 radical (unpaired) electrons. The highest BCUT2D eigenvalue weighted by molar-refractivity contribution is 5.81. The van der Waals surface area contributed by atoms with Crippen molar-refractivity contribution in [3.05, 3.63) is 35.5 Å². The van der Waals surface area contributed by atoms with Gasteiger partial charge in [0, 0.05) is 12.1 Å². The van der Waals surface area contributed by atoms with Crippen LogP contribution < -0.4 is 0 Å². The lowest BCUT2D eigenvalue weighted by Crippen LogP contribution is -2.02. The Morgan fingerprint density at radius 3 is 3.00 bits per heavy atom. The molecular formula is C12H12N2O2. The lowest BCUT2D eigenvalue weighted by atomic mass is 10.2. The molecule has 1 unspecified atom stereocenters. The summed E-state index contributed by atoms with van der Waals surface area (Å²) in [6.07, 6.45) is -0.942. The zero-order valence-electron chi connectivity index (χ0n) is 8.90. The molecule has 82 valence electrons. The predicted molar refractivity (Wildman–Crippen MR) is 59.6 cm³/mol. The highest BCUT2D eigenvalue weighted by Crippen LogP contribution is 2.21. The van der Waals surface area contributed by atoms with Crippen molar-refractivity contribution in [2.45, 2.75) is 13.2 Å². The SMILES string of the molecule is CCOC(O)c1cc2ccc(C#N)cc2[nH]1. The van der Waals surface area contributed by atoms with Crippen LogP contribution in [0, 0.1) is 11.3 Å². The Bertz CT molecular complexity index is 539. The summed E-state index contributed by atoms with van der Waals surface area (Å²) >= 11 is 0. The van der Waals surface area contributed by atoms with Gasteiger partial charge in [0.2, 0.25) is 0 Å². The van der Waals surface area contributed by atoms with Gasteiger partial charge >= 0.3 is 0 Å². The van der Waals surface area contributed by atoms with Gasteiger partial charge in [-0.25, -0.2) is 0 Å². The maximum absolute atomic E-state index is 9.63. The van der Waals surface area contributed by atoms with Crippen LogP contribution in [0.25, 0.3) is 10.9 Å². The lowest BCUT2D eigenvalue weighted by Gasteiger charge is -2.07. The fraction of sp³-hybridized carbons (Fsp3) is 0.250. The molecule has 1 atom stereocenters. The summed E-state index contributed by atoms with van der Waals surface area (Å²) in [6, 6.07) is 9.22. The minimum atomic E-state index is -0.942. The summed E-state index contributed by atoms with van der Waals surface area (Å²) < 4.78 is 5.07. The highest BCUT2D eigenvalue weighted by Gasteiger charge is 2.10. The van der Waals surface area contributed by atoms with Crippen LogP contribution in [0.1, 0.15) is 24.5 Å². The highest BCUT2D eigenvalue weighted by atomic mass is 16.6. The lowest BCUT2D eigenvalue weighted by molar-refractivity contribution is -0.100. The van der Waals surface area contributed by atoms with Crippen molar-refractivity contribution >= 4 is 10.9 Å². The Hall–Kier alpha value is -1.83.